The number of oxime groups is 2. The number of Topliss-reactive ketones (excluding diaryl/α,β-unsaturated/α-hetero) is 2. The molecular formula is C38H38N4O8S. The molecule has 0 aromatic heterocycles. The van der Waals surface area contributed by atoms with E-state index in [0.29, 0.717) is 35.7 Å². The number of hydrogen-bond donors (Lipinski definition) is 2. The molecule has 0 saturated heterocycles. The number of carbonyl (C=O) groups is 4. The molecule has 0 bridgehead atoms. The van der Waals surface area contributed by atoms with E-state index in [2.05, 4.69) is 20.9 Å². The molecule has 0 spiro atoms. The molecule has 0 fully saturated rings. The van der Waals surface area contributed by atoms with Crippen molar-refractivity contribution < 1.29 is 38.3 Å². The Hall–Kier alpha value is -5.63. The summed E-state index contributed by atoms with van der Waals surface area (Å²) in [5, 5.41) is 12.8. The molecule has 51 heavy (non-hydrogen) atoms. The third-order valence-electron chi connectivity index (χ3n) is 6.89. The zero-order valence-corrected chi connectivity index (χ0v) is 29.0. The van der Waals surface area contributed by atoms with Crippen LogP contribution in [0, 0.1) is 0 Å². The van der Waals surface area contributed by atoms with E-state index >= 15 is 0 Å². The summed E-state index contributed by atoms with van der Waals surface area (Å²) in [6.45, 7) is 5.06. The van der Waals surface area contributed by atoms with Gasteiger partial charge < -0.3 is 9.47 Å². The molecule has 13 heteroatoms. The van der Waals surface area contributed by atoms with Crippen molar-refractivity contribution in [3.63, 3.8) is 0 Å². The summed E-state index contributed by atoms with van der Waals surface area (Å²) in [6, 6.07) is 31.3. The Kier molecular flexibility index (Phi) is 15.6. The maximum Gasteiger partial charge on any atom is 0.437 e. The van der Waals surface area contributed by atoms with Crippen molar-refractivity contribution in [3.8, 4) is 0 Å². The summed E-state index contributed by atoms with van der Waals surface area (Å²) in [5.41, 5.74) is 1.86. The van der Waals surface area contributed by atoms with E-state index in [9.17, 15) is 19.2 Å². The molecule has 0 unspecified atom stereocenters. The fourth-order valence-electron chi connectivity index (χ4n) is 4.36. The minimum absolute atomic E-state index is 0.0405. The molecule has 0 heterocycles. The van der Waals surface area contributed by atoms with E-state index in [1.807, 2.05) is 26.0 Å². The summed E-state index contributed by atoms with van der Waals surface area (Å²) in [5.74, 6) is -0.796. The average Bonchev–Trinajstić information content (AvgIpc) is 3.15. The highest BCUT2D eigenvalue weighted by atomic mass is 32.2. The third-order valence-corrected chi connectivity index (χ3v) is 7.90. The van der Waals surface area contributed by atoms with Crippen LogP contribution in [0.5, 0.6) is 0 Å². The first-order valence-corrected chi connectivity index (χ1v) is 17.0. The normalized spacial score (nSPS) is 11.4. The SMILES string of the molecule is CCOCC/C(=N\OC(=O)Nc1ccccc1)C(=O)c1ccc(Sc2ccc(C(=O)/C(CCOCC)=N/OC(=O)Nc3ccccc3)cc2)cc1. The Morgan fingerprint density at radius 3 is 1.27 bits per heavy atom. The number of benzene rings is 4. The van der Waals surface area contributed by atoms with Gasteiger partial charge >= 0.3 is 12.2 Å². The summed E-state index contributed by atoms with van der Waals surface area (Å²) in [7, 11) is 0. The zero-order valence-electron chi connectivity index (χ0n) is 28.2. The smallest absolute Gasteiger partial charge is 0.381 e. The highest BCUT2D eigenvalue weighted by Gasteiger charge is 2.18. The maximum atomic E-state index is 13.3. The van der Waals surface area contributed by atoms with E-state index in [0.717, 1.165) is 9.79 Å². The summed E-state index contributed by atoms with van der Waals surface area (Å²) in [6.07, 6.45) is -1.34. The van der Waals surface area contributed by atoms with Crippen LogP contribution >= 0.6 is 11.8 Å². The van der Waals surface area contributed by atoms with Gasteiger partial charge in [-0.3, -0.25) is 29.9 Å². The first-order chi connectivity index (χ1) is 24.9. The van der Waals surface area contributed by atoms with Crippen molar-refractivity contribution in [1.29, 1.82) is 0 Å². The van der Waals surface area contributed by atoms with Gasteiger partial charge in [-0.2, -0.15) is 0 Å². The number of rotatable bonds is 18. The number of amides is 2. The molecule has 4 aromatic rings. The van der Waals surface area contributed by atoms with Gasteiger partial charge in [0.1, 0.15) is 11.4 Å². The van der Waals surface area contributed by atoms with E-state index in [1.54, 1.807) is 97.1 Å². The van der Waals surface area contributed by atoms with Crippen molar-refractivity contribution in [2.24, 2.45) is 10.3 Å². The molecule has 4 rings (SSSR count). The predicted molar refractivity (Wildman–Crippen MR) is 196 cm³/mol. The summed E-state index contributed by atoms with van der Waals surface area (Å²) in [4.78, 5) is 62.8. The van der Waals surface area contributed by atoms with Crippen LogP contribution in [0.1, 0.15) is 47.4 Å². The lowest BCUT2D eigenvalue weighted by Crippen LogP contribution is -2.19. The fourth-order valence-corrected chi connectivity index (χ4v) is 5.18. The monoisotopic (exact) mass is 710 g/mol. The van der Waals surface area contributed by atoms with E-state index in [1.165, 1.54) is 11.8 Å². The third kappa shape index (κ3) is 13.0. The molecule has 12 nitrogen and oxygen atoms in total. The zero-order chi connectivity index (χ0) is 36.3. The second kappa shape index (κ2) is 20.8. The molecular weight excluding hydrogens is 673 g/mol. The number of ketones is 2. The van der Waals surface area contributed by atoms with Crippen LogP contribution in [0.25, 0.3) is 0 Å². The highest BCUT2D eigenvalue weighted by molar-refractivity contribution is 7.99. The Morgan fingerprint density at radius 2 is 0.922 bits per heavy atom. The second-order valence-electron chi connectivity index (χ2n) is 10.5. The number of carbonyl (C=O) groups excluding carboxylic acids is 4. The van der Waals surface area contributed by atoms with Crippen LogP contribution in [0.2, 0.25) is 0 Å². The number of hydrogen-bond acceptors (Lipinski definition) is 11. The Bertz CT molecular complexity index is 1670. The van der Waals surface area contributed by atoms with Crippen molar-refractivity contribution in [2.75, 3.05) is 37.1 Å². The molecule has 4 aromatic carbocycles. The largest absolute Gasteiger partial charge is 0.437 e. The lowest BCUT2D eigenvalue weighted by molar-refractivity contribution is 0.104. The topological polar surface area (TPSA) is 154 Å². The van der Waals surface area contributed by atoms with Crippen molar-refractivity contribution in [2.45, 2.75) is 36.5 Å². The van der Waals surface area contributed by atoms with Crippen molar-refractivity contribution in [1.82, 2.24) is 0 Å². The Morgan fingerprint density at radius 1 is 0.549 bits per heavy atom. The van der Waals surface area contributed by atoms with Crippen LogP contribution < -0.4 is 10.6 Å². The Balaban J connectivity index is 1.38. The quantitative estimate of drug-likeness (QED) is 0.0341. The molecule has 0 saturated carbocycles. The van der Waals surface area contributed by atoms with Crippen molar-refractivity contribution >= 4 is 58.3 Å². The molecule has 2 amide bonds. The van der Waals surface area contributed by atoms with E-state index < -0.39 is 23.8 Å². The average molecular weight is 711 g/mol. The van der Waals surface area contributed by atoms with Gasteiger partial charge in [-0.15, -0.1) is 0 Å². The van der Waals surface area contributed by atoms with Crippen LogP contribution in [-0.4, -0.2) is 61.6 Å². The van der Waals surface area contributed by atoms with E-state index in [4.69, 9.17) is 19.1 Å². The maximum absolute atomic E-state index is 13.3. The number of nitrogens with one attached hydrogen (secondary N) is 2. The molecule has 0 aliphatic carbocycles. The van der Waals surface area contributed by atoms with Gasteiger partial charge in [0.2, 0.25) is 11.6 Å². The van der Waals surface area contributed by atoms with Gasteiger partial charge in [0.15, 0.2) is 0 Å². The summed E-state index contributed by atoms with van der Waals surface area (Å²) < 4.78 is 10.8. The molecule has 264 valence electrons. The van der Waals surface area contributed by atoms with Gasteiger partial charge in [0, 0.05) is 58.3 Å². The minimum Gasteiger partial charge on any atom is -0.381 e. The lowest BCUT2D eigenvalue weighted by atomic mass is 10.1. The second-order valence-corrected chi connectivity index (χ2v) is 11.7. The van der Waals surface area contributed by atoms with Crippen LogP contribution in [0.4, 0.5) is 21.0 Å². The van der Waals surface area contributed by atoms with Gasteiger partial charge in [-0.05, 0) is 86.6 Å². The molecule has 0 radical (unpaired) electrons. The minimum atomic E-state index is -0.823. The van der Waals surface area contributed by atoms with Crippen molar-refractivity contribution in [3.05, 3.63) is 120 Å². The first kappa shape index (κ1) is 38.2. The lowest BCUT2D eigenvalue weighted by Gasteiger charge is -2.09. The number of anilines is 2. The molecule has 2 N–H and O–H groups in total. The van der Waals surface area contributed by atoms with Crippen LogP contribution in [0.3, 0.4) is 0 Å². The van der Waals surface area contributed by atoms with Gasteiger partial charge in [-0.25, -0.2) is 9.59 Å². The van der Waals surface area contributed by atoms with Gasteiger partial charge in [-0.1, -0.05) is 58.5 Å². The summed E-state index contributed by atoms with van der Waals surface area (Å²) >= 11 is 1.43. The number of nitrogens with zero attached hydrogens (tertiary/aromatic N) is 2. The molecule has 0 aliphatic heterocycles. The standard InChI is InChI=1S/C38H38N4O8S/c1-3-47-25-23-33(41-49-37(45)39-29-11-7-5-8-12-29)35(43)27-15-19-31(20-16-27)51-32-21-17-28(18-22-32)36(44)34(24-26-48-4-2)42-50-38(46)40-30-13-9-6-10-14-30/h5-22H,3-4,23-26H2,1-2H3,(H,39,45)(H,40,46)/b41-33+,42-34+. The van der Waals surface area contributed by atoms with Gasteiger partial charge in [0.25, 0.3) is 0 Å². The number of ether oxygens (including phenoxy) is 2. The van der Waals surface area contributed by atoms with Crippen LogP contribution in [0.15, 0.2) is 129 Å². The Labute approximate surface area is 300 Å². The molecule has 0 aliphatic rings. The van der Waals surface area contributed by atoms with Crippen LogP contribution in [-0.2, 0) is 19.1 Å². The number of para-hydroxylation sites is 2. The first-order valence-electron chi connectivity index (χ1n) is 16.2. The van der Waals surface area contributed by atoms with Gasteiger partial charge in [0.05, 0.1) is 13.2 Å². The highest BCUT2D eigenvalue weighted by Crippen LogP contribution is 2.28. The molecule has 0 atom stereocenters. The fraction of sp³-hybridized carbons (Fsp3) is 0.211. The predicted octanol–water partition coefficient (Wildman–Crippen LogP) is 8.27. The van der Waals surface area contributed by atoms with E-state index in [-0.39, 0.29) is 37.5 Å².